The Morgan fingerprint density at radius 1 is 1.10 bits per heavy atom. The molecule has 0 radical (unpaired) electrons. The van der Waals surface area contributed by atoms with Crippen LogP contribution in [0, 0.1) is 5.92 Å². The largest absolute Gasteiger partial charge is 0.496 e. The molecule has 3 rings (SSSR count). The van der Waals surface area contributed by atoms with Crippen LogP contribution in [-0.2, 0) is 4.79 Å². The first kappa shape index (κ1) is 22.1. The quantitative estimate of drug-likeness (QED) is 0.754. The number of hydrogen-bond donors (Lipinski definition) is 1. The van der Waals surface area contributed by atoms with E-state index < -0.39 is 0 Å². The number of piperidine rings is 1. The highest BCUT2D eigenvalue weighted by Crippen LogP contribution is 2.25. The van der Waals surface area contributed by atoms with E-state index in [1.165, 1.54) is 58.2 Å². The smallest absolute Gasteiger partial charge is 0.237 e. The fourth-order valence-corrected chi connectivity index (χ4v) is 4.88. The standard InChI is InChI=1S/C24H39N3O2/c1-19(22-12-6-7-13-23(22)29-3)25-24(28)20(2)27-16-10-11-21(18-27)17-26-14-8-4-5-9-15-26/h6-7,12-13,19-21H,4-5,8-11,14-18H2,1-3H3,(H,25,28). The lowest BCUT2D eigenvalue weighted by atomic mass is 9.96. The predicted octanol–water partition coefficient (Wildman–Crippen LogP) is 3.85. The summed E-state index contributed by atoms with van der Waals surface area (Å²) in [4.78, 5) is 18.0. The van der Waals surface area contributed by atoms with E-state index in [1.807, 2.05) is 31.2 Å². The SMILES string of the molecule is COc1ccccc1C(C)NC(=O)C(C)N1CCCC(CN2CCCCCC2)C1. The Kier molecular flexibility index (Phi) is 8.37. The third-order valence-corrected chi connectivity index (χ3v) is 6.66. The molecule has 5 heteroatoms. The molecule has 2 aliphatic rings. The maximum absolute atomic E-state index is 13.0. The monoisotopic (exact) mass is 401 g/mol. The maximum atomic E-state index is 13.0. The number of carbonyl (C=O) groups is 1. The number of rotatable bonds is 7. The fourth-order valence-electron chi connectivity index (χ4n) is 4.88. The second-order valence-corrected chi connectivity index (χ2v) is 8.87. The van der Waals surface area contributed by atoms with Crippen LogP contribution in [0.4, 0.5) is 0 Å². The Hall–Kier alpha value is -1.59. The molecule has 2 heterocycles. The van der Waals surface area contributed by atoms with Gasteiger partial charge in [-0.15, -0.1) is 0 Å². The molecular formula is C24H39N3O2. The van der Waals surface area contributed by atoms with Crippen LogP contribution < -0.4 is 10.1 Å². The van der Waals surface area contributed by atoms with Gasteiger partial charge in [0, 0.05) is 18.7 Å². The molecule has 1 amide bonds. The summed E-state index contributed by atoms with van der Waals surface area (Å²) in [5, 5.41) is 3.20. The van der Waals surface area contributed by atoms with Gasteiger partial charge >= 0.3 is 0 Å². The van der Waals surface area contributed by atoms with Gasteiger partial charge in [-0.3, -0.25) is 9.69 Å². The zero-order chi connectivity index (χ0) is 20.6. The van der Waals surface area contributed by atoms with Crippen LogP contribution in [0.3, 0.4) is 0 Å². The molecular weight excluding hydrogens is 362 g/mol. The minimum absolute atomic E-state index is 0.0706. The van der Waals surface area contributed by atoms with Crippen molar-refractivity contribution in [2.24, 2.45) is 5.92 Å². The van der Waals surface area contributed by atoms with Gasteiger partial charge in [0.05, 0.1) is 19.2 Å². The molecule has 0 aliphatic carbocycles. The molecule has 5 nitrogen and oxygen atoms in total. The number of amides is 1. The van der Waals surface area contributed by atoms with Crippen molar-refractivity contribution in [3.8, 4) is 5.75 Å². The Morgan fingerprint density at radius 2 is 1.83 bits per heavy atom. The van der Waals surface area contributed by atoms with Gasteiger partial charge in [-0.2, -0.15) is 0 Å². The van der Waals surface area contributed by atoms with Crippen LogP contribution in [0.1, 0.15) is 64.0 Å². The molecule has 1 aromatic carbocycles. The summed E-state index contributed by atoms with van der Waals surface area (Å²) in [5.41, 5.74) is 1.02. The lowest BCUT2D eigenvalue weighted by Crippen LogP contribution is -2.51. The second kappa shape index (κ2) is 11.0. The maximum Gasteiger partial charge on any atom is 0.237 e. The minimum Gasteiger partial charge on any atom is -0.496 e. The number of benzene rings is 1. The molecule has 0 spiro atoms. The van der Waals surface area contributed by atoms with Crippen LogP contribution in [0.2, 0.25) is 0 Å². The summed E-state index contributed by atoms with van der Waals surface area (Å²) < 4.78 is 5.45. The Labute approximate surface area is 176 Å². The highest BCUT2D eigenvalue weighted by Gasteiger charge is 2.29. The molecule has 0 saturated carbocycles. The Bertz CT molecular complexity index is 643. The van der Waals surface area contributed by atoms with Crippen molar-refractivity contribution in [3.63, 3.8) is 0 Å². The van der Waals surface area contributed by atoms with Gasteiger partial charge in [-0.25, -0.2) is 0 Å². The van der Waals surface area contributed by atoms with Gasteiger partial charge in [0.15, 0.2) is 0 Å². The van der Waals surface area contributed by atoms with Crippen LogP contribution in [0.25, 0.3) is 0 Å². The van der Waals surface area contributed by atoms with Crippen LogP contribution in [0.15, 0.2) is 24.3 Å². The van der Waals surface area contributed by atoms with Crippen LogP contribution in [0.5, 0.6) is 5.75 Å². The average molecular weight is 402 g/mol. The van der Waals surface area contributed by atoms with Crippen LogP contribution in [-0.4, -0.2) is 61.6 Å². The van der Waals surface area contributed by atoms with E-state index in [2.05, 4.69) is 22.0 Å². The highest BCUT2D eigenvalue weighted by atomic mass is 16.5. The Balaban J connectivity index is 1.53. The molecule has 2 fully saturated rings. The molecule has 3 atom stereocenters. The van der Waals surface area contributed by atoms with Gasteiger partial charge in [-0.1, -0.05) is 31.0 Å². The molecule has 162 valence electrons. The third-order valence-electron chi connectivity index (χ3n) is 6.66. The molecule has 0 aromatic heterocycles. The first-order valence-corrected chi connectivity index (χ1v) is 11.5. The number of hydrogen-bond acceptors (Lipinski definition) is 4. The first-order chi connectivity index (χ1) is 14.1. The van der Waals surface area contributed by atoms with E-state index >= 15 is 0 Å². The predicted molar refractivity (Wildman–Crippen MR) is 118 cm³/mol. The number of nitrogens with zero attached hydrogens (tertiary/aromatic N) is 2. The summed E-state index contributed by atoms with van der Waals surface area (Å²) in [6.07, 6.45) is 7.94. The van der Waals surface area contributed by atoms with E-state index in [-0.39, 0.29) is 18.0 Å². The zero-order valence-corrected chi connectivity index (χ0v) is 18.5. The van der Waals surface area contributed by atoms with Gasteiger partial charge in [0.1, 0.15) is 5.75 Å². The number of methoxy groups -OCH3 is 1. The molecule has 2 aliphatic heterocycles. The molecule has 29 heavy (non-hydrogen) atoms. The highest BCUT2D eigenvalue weighted by molar-refractivity contribution is 5.81. The van der Waals surface area contributed by atoms with E-state index in [9.17, 15) is 4.79 Å². The lowest BCUT2D eigenvalue weighted by molar-refractivity contribution is -0.127. The number of likely N-dealkylation sites (tertiary alicyclic amines) is 2. The number of para-hydroxylation sites is 1. The normalized spacial score (nSPS) is 23.8. The van der Waals surface area contributed by atoms with Crippen molar-refractivity contribution < 1.29 is 9.53 Å². The van der Waals surface area contributed by atoms with Gasteiger partial charge in [0.25, 0.3) is 0 Å². The molecule has 2 saturated heterocycles. The number of nitrogens with one attached hydrogen (secondary N) is 1. The average Bonchev–Trinajstić information content (AvgIpc) is 3.02. The van der Waals surface area contributed by atoms with E-state index in [1.54, 1.807) is 7.11 Å². The Morgan fingerprint density at radius 3 is 2.55 bits per heavy atom. The van der Waals surface area contributed by atoms with Crippen molar-refractivity contribution in [2.45, 2.75) is 64.5 Å². The van der Waals surface area contributed by atoms with Crippen molar-refractivity contribution in [3.05, 3.63) is 29.8 Å². The molecule has 3 unspecified atom stereocenters. The summed E-state index contributed by atoms with van der Waals surface area (Å²) in [6, 6.07) is 7.74. The number of ether oxygens (including phenoxy) is 1. The van der Waals surface area contributed by atoms with Crippen molar-refractivity contribution in [1.82, 2.24) is 15.1 Å². The summed E-state index contributed by atoms with van der Waals surface area (Å²) in [5.74, 6) is 1.62. The van der Waals surface area contributed by atoms with Gasteiger partial charge in [-0.05, 0) is 71.1 Å². The van der Waals surface area contributed by atoms with Crippen molar-refractivity contribution in [1.29, 1.82) is 0 Å². The van der Waals surface area contributed by atoms with E-state index in [0.717, 1.165) is 24.4 Å². The second-order valence-electron chi connectivity index (χ2n) is 8.87. The van der Waals surface area contributed by atoms with E-state index in [0.29, 0.717) is 5.92 Å². The first-order valence-electron chi connectivity index (χ1n) is 11.5. The fraction of sp³-hybridized carbons (Fsp3) is 0.708. The summed E-state index contributed by atoms with van der Waals surface area (Å²) >= 11 is 0. The third kappa shape index (κ3) is 6.19. The minimum atomic E-state index is -0.0981. The van der Waals surface area contributed by atoms with Crippen molar-refractivity contribution in [2.75, 3.05) is 39.8 Å². The topological polar surface area (TPSA) is 44.8 Å². The summed E-state index contributed by atoms with van der Waals surface area (Å²) in [7, 11) is 1.67. The lowest BCUT2D eigenvalue weighted by Gasteiger charge is -2.38. The van der Waals surface area contributed by atoms with Crippen LogP contribution >= 0.6 is 0 Å². The van der Waals surface area contributed by atoms with Crippen molar-refractivity contribution >= 4 is 5.91 Å². The zero-order valence-electron chi connectivity index (χ0n) is 18.5. The van der Waals surface area contributed by atoms with Gasteiger partial charge in [0.2, 0.25) is 5.91 Å². The summed E-state index contributed by atoms with van der Waals surface area (Å²) in [6.45, 7) is 9.84. The number of carbonyl (C=O) groups excluding carboxylic acids is 1. The molecule has 1 N–H and O–H groups in total. The molecule has 1 aromatic rings. The molecule has 0 bridgehead atoms. The van der Waals surface area contributed by atoms with E-state index in [4.69, 9.17) is 4.74 Å². The van der Waals surface area contributed by atoms with Gasteiger partial charge < -0.3 is 15.0 Å².